The monoisotopic (exact) mass is 451 g/mol. The number of anilines is 1. The van der Waals surface area contributed by atoms with Gasteiger partial charge in [0, 0.05) is 16.1 Å². The Labute approximate surface area is 182 Å². The third kappa shape index (κ3) is 4.91. The molecule has 0 saturated carbocycles. The quantitative estimate of drug-likeness (QED) is 0.490. The number of hydrogen-bond donors (Lipinski definition) is 0. The van der Waals surface area contributed by atoms with E-state index in [0.717, 1.165) is 0 Å². The van der Waals surface area contributed by atoms with Gasteiger partial charge in [-0.2, -0.15) is 14.9 Å². The van der Waals surface area contributed by atoms with Gasteiger partial charge in [0.1, 0.15) is 28.2 Å². The Bertz CT molecular complexity index is 1110. The molecule has 0 saturated heterocycles. The molecule has 2 heterocycles. The SMILES string of the molecule is CC(C)(C)OC(=O)N(Cc1cc(Cl)cc(Cl)c1)c1cc(Cl)nc2c(C#N)cnn12. The van der Waals surface area contributed by atoms with Crippen LogP contribution in [-0.2, 0) is 11.3 Å². The lowest BCUT2D eigenvalue weighted by Crippen LogP contribution is -2.37. The summed E-state index contributed by atoms with van der Waals surface area (Å²) >= 11 is 18.4. The molecule has 0 unspecified atom stereocenters. The van der Waals surface area contributed by atoms with Gasteiger partial charge in [-0.05, 0) is 44.5 Å². The molecule has 3 aromatic rings. The third-order valence-electron chi connectivity index (χ3n) is 3.70. The summed E-state index contributed by atoms with van der Waals surface area (Å²) in [6, 6.07) is 8.45. The maximum atomic E-state index is 13.0. The zero-order chi connectivity index (χ0) is 21.3. The van der Waals surface area contributed by atoms with E-state index in [-0.39, 0.29) is 28.7 Å². The largest absolute Gasteiger partial charge is 0.443 e. The molecule has 3 rings (SSSR count). The van der Waals surface area contributed by atoms with Gasteiger partial charge in [0.2, 0.25) is 0 Å². The van der Waals surface area contributed by atoms with E-state index >= 15 is 0 Å². The van der Waals surface area contributed by atoms with Crippen molar-refractivity contribution in [2.24, 2.45) is 0 Å². The minimum Gasteiger partial charge on any atom is -0.443 e. The van der Waals surface area contributed by atoms with Crippen LogP contribution in [0.1, 0.15) is 31.9 Å². The van der Waals surface area contributed by atoms with Gasteiger partial charge in [-0.25, -0.2) is 9.78 Å². The number of nitrogens with zero attached hydrogens (tertiary/aromatic N) is 5. The molecule has 29 heavy (non-hydrogen) atoms. The highest BCUT2D eigenvalue weighted by molar-refractivity contribution is 6.34. The van der Waals surface area contributed by atoms with Gasteiger partial charge < -0.3 is 4.74 Å². The summed E-state index contributed by atoms with van der Waals surface area (Å²) in [5, 5.41) is 14.4. The second-order valence-electron chi connectivity index (χ2n) is 7.19. The number of nitriles is 1. The molecule has 1 amide bonds. The maximum Gasteiger partial charge on any atom is 0.416 e. The molecule has 0 radical (unpaired) electrons. The Morgan fingerprint density at radius 3 is 2.45 bits per heavy atom. The number of rotatable bonds is 3. The molecular weight excluding hydrogens is 437 g/mol. The summed E-state index contributed by atoms with van der Waals surface area (Å²) in [4.78, 5) is 18.5. The number of aromatic nitrogens is 3. The fourth-order valence-electron chi connectivity index (χ4n) is 2.63. The van der Waals surface area contributed by atoms with E-state index in [0.29, 0.717) is 15.6 Å². The van der Waals surface area contributed by atoms with Crippen LogP contribution in [0.2, 0.25) is 15.2 Å². The Kier molecular flexibility index (Phi) is 5.90. The fourth-order valence-corrected chi connectivity index (χ4v) is 3.38. The van der Waals surface area contributed by atoms with Gasteiger partial charge in [-0.1, -0.05) is 34.8 Å². The summed E-state index contributed by atoms with van der Waals surface area (Å²) in [5.41, 5.74) is 0.387. The molecule has 10 heteroatoms. The molecule has 0 atom stereocenters. The van der Waals surface area contributed by atoms with Crippen LogP contribution in [0, 0.1) is 11.3 Å². The van der Waals surface area contributed by atoms with Gasteiger partial charge >= 0.3 is 6.09 Å². The second kappa shape index (κ2) is 8.07. The van der Waals surface area contributed by atoms with Crippen molar-refractivity contribution in [1.29, 1.82) is 5.26 Å². The van der Waals surface area contributed by atoms with Crippen molar-refractivity contribution in [2.75, 3.05) is 4.90 Å². The number of amides is 1. The normalized spacial score (nSPS) is 11.3. The van der Waals surface area contributed by atoms with E-state index < -0.39 is 11.7 Å². The number of benzene rings is 1. The summed E-state index contributed by atoms with van der Waals surface area (Å²) in [6.45, 7) is 5.36. The van der Waals surface area contributed by atoms with Crippen molar-refractivity contribution < 1.29 is 9.53 Å². The van der Waals surface area contributed by atoms with Crippen molar-refractivity contribution in [3.05, 3.63) is 56.8 Å². The molecule has 2 aromatic heterocycles. The topological polar surface area (TPSA) is 83.5 Å². The third-order valence-corrected chi connectivity index (χ3v) is 4.33. The maximum absolute atomic E-state index is 13.0. The molecule has 0 N–H and O–H groups in total. The van der Waals surface area contributed by atoms with Gasteiger partial charge in [-0.15, -0.1) is 0 Å². The smallest absolute Gasteiger partial charge is 0.416 e. The van der Waals surface area contributed by atoms with E-state index in [1.807, 2.05) is 6.07 Å². The molecule has 0 aliphatic carbocycles. The number of halogens is 3. The van der Waals surface area contributed by atoms with E-state index in [1.54, 1.807) is 39.0 Å². The van der Waals surface area contributed by atoms with Crippen LogP contribution in [0.15, 0.2) is 30.5 Å². The van der Waals surface area contributed by atoms with E-state index in [9.17, 15) is 10.1 Å². The molecule has 0 spiro atoms. The Balaban J connectivity index is 2.15. The first-order valence-electron chi connectivity index (χ1n) is 8.47. The summed E-state index contributed by atoms with van der Waals surface area (Å²) < 4.78 is 6.92. The molecule has 150 valence electrons. The first-order chi connectivity index (χ1) is 13.6. The molecule has 0 aliphatic rings. The molecule has 0 bridgehead atoms. The standard InChI is InChI=1S/C19H16Cl3N5O2/c1-19(2,3)29-18(28)26(10-11-4-13(20)6-14(21)5-11)16-7-15(22)25-17-12(8-23)9-24-27(16)17/h4-7,9H,10H2,1-3H3. The van der Waals surface area contributed by atoms with E-state index in [4.69, 9.17) is 39.5 Å². The highest BCUT2D eigenvalue weighted by Gasteiger charge is 2.27. The Hall–Kier alpha value is -2.53. The van der Waals surface area contributed by atoms with Gasteiger partial charge in [0.05, 0.1) is 12.7 Å². The fraction of sp³-hybridized carbons (Fsp3) is 0.263. The average Bonchev–Trinajstić information content (AvgIpc) is 2.99. The predicted molar refractivity (Wildman–Crippen MR) is 112 cm³/mol. The van der Waals surface area contributed by atoms with Crippen molar-refractivity contribution >= 4 is 52.4 Å². The summed E-state index contributed by atoms with van der Waals surface area (Å²) in [5.74, 6) is 0.284. The van der Waals surface area contributed by atoms with Gasteiger partial charge in [0.15, 0.2) is 5.65 Å². The van der Waals surface area contributed by atoms with Crippen LogP contribution in [0.4, 0.5) is 10.6 Å². The van der Waals surface area contributed by atoms with Crippen LogP contribution in [0.25, 0.3) is 5.65 Å². The number of ether oxygens (including phenoxy) is 1. The predicted octanol–water partition coefficient (Wildman–Crippen LogP) is 5.50. The van der Waals surface area contributed by atoms with Crippen LogP contribution < -0.4 is 4.90 Å². The minimum absolute atomic E-state index is 0.0758. The lowest BCUT2D eigenvalue weighted by molar-refractivity contribution is 0.0575. The number of fused-ring (bicyclic) bond motifs is 1. The lowest BCUT2D eigenvalue weighted by atomic mass is 10.2. The van der Waals surface area contributed by atoms with Crippen LogP contribution >= 0.6 is 34.8 Å². The summed E-state index contributed by atoms with van der Waals surface area (Å²) in [6.07, 6.45) is 0.720. The van der Waals surface area contributed by atoms with Crippen LogP contribution in [-0.4, -0.2) is 26.3 Å². The van der Waals surface area contributed by atoms with Gasteiger partial charge in [-0.3, -0.25) is 4.90 Å². The Morgan fingerprint density at radius 1 is 1.21 bits per heavy atom. The first kappa shape index (κ1) is 21.2. The highest BCUT2D eigenvalue weighted by Crippen LogP contribution is 2.27. The number of carbonyl (C=O) groups is 1. The van der Waals surface area contributed by atoms with E-state index in [2.05, 4.69) is 10.1 Å². The van der Waals surface area contributed by atoms with Crippen molar-refractivity contribution in [3.8, 4) is 6.07 Å². The average molecular weight is 453 g/mol. The second-order valence-corrected chi connectivity index (χ2v) is 8.45. The van der Waals surface area contributed by atoms with Crippen molar-refractivity contribution in [3.63, 3.8) is 0 Å². The van der Waals surface area contributed by atoms with Crippen molar-refractivity contribution in [2.45, 2.75) is 32.9 Å². The molecule has 0 aliphatic heterocycles. The minimum atomic E-state index is -0.737. The van der Waals surface area contributed by atoms with Crippen LogP contribution in [0.3, 0.4) is 0 Å². The zero-order valence-corrected chi connectivity index (χ0v) is 18.0. The number of hydrogen-bond acceptors (Lipinski definition) is 5. The highest BCUT2D eigenvalue weighted by atomic mass is 35.5. The van der Waals surface area contributed by atoms with Gasteiger partial charge in [0.25, 0.3) is 0 Å². The first-order valence-corrected chi connectivity index (χ1v) is 9.60. The zero-order valence-electron chi connectivity index (χ0n) is 15.8. The molecule has 0 fully saturated rings. The molecule has 7 nitrogen and oxygen atoms in total. The molecular formula is C19H16Cl3N5O2. The van der Waals surface area contributed by atoms with E-state index in [1.165, 1.54) is 21.7 Å². The van der Waals surface area contributed by atoms with Crippen molar-refractivity contribution in [1.82, 2.24) is 14.6 Å². The lowest BCUT2D eigenvalue weighted by Gasteiger charge is -2.27. The van der Waals surface area contributed by atoms with Crippen LogP contribution in [0.5, 0.6) is 0 Å². The number of carbonyl (C=O) groups excluding carboxylic acids is 1. The Morgan fingerprint density at radius 2 is 1.86 bits per heavy atom. The molecule has 1 aromatic carbocycles. The summed E-state index contributed by atoms with van der Waals surface area (Å²) in [7, 11) is 0.